The van der Waals surface area contributed by atoms with Crippen LogP contribution in [-0.4, -0.2) is 6.61 Å². The third-order valence-corrected chi connectivity index (χ3v) is 2.73. The fourth-order valence-electron chi connectivity index (χ4n) is 1.91. The average molecular weight is 227 g/mol. The molecule has 0 fully saturated rings. The van der Waals surface area contributed by atoms with Gasteiger partial charge in [0, 0.05) is 5.69 Å². The zero-order valence-corrected chi connectivity index (χ0v) is 10.2. The molecule has 2 rings (SSSR count). The minimum Gasteiger partial charge on any atom is -0.494 e. The van der Waals surface area contributed by atoms with Gasteiger partial charge in [-0.2, -0.15) is 0 Å². The van der Waals surface area contributed by atoms with Crippen LogP contribution in [0.1, 0.15) is 12.5 Å². The van der Waals surface area contributed by atoms with Crippen LogP contribution in [-0.2, 0) is 0 Å². The number of aryl methyl sites for hydroxylation is 1. The van der Waals surface area contributed by atoms with Gasteiger partial charge in [0.2, 0.25) is 0 Å². The van der Waals surface area contributed by atoms with Crippen LogP contribution < -0.4 is 10.5 Å². The molecule has 88 valence electrons. The van der Waals surface area contributed by atoms with Crippen molar-refractivity contribution in [1.82, 2.24) is 0 Å². The molecule has 0 saturated heterocycles. The van der Waals surface area contributed by atoms with Gasteiger partial charge in [0.05, 0.1) is 6.61 Å². The number of nitrogens with two attached hydrogens (primary N) is 1. The maximum absolute atomic E-state index is 5.75. The van der Waals surface area contributed by atoms with Crippen molar-refractivity contribution in [3.05, 3.63) is 48.0 Å². The highest BCUT2D eigenvalue weighted by Crippen LogP contribution is 2.26. The molecular weight excluding hydrogens is 210 g/mol. The zero-order valence-electron chi connectivity index (χ0n) is 10.2. The van der Waals surface area contributed by atoms with Crippen molar-refractivity contribution in [2.75, 3.05) is 12.3 Å². The van der Waals surface area contributed by atoms with Gasteiger partial charge in [-0.3, -0.25) is 0 Å². The summed E-state index contributed by atoms with van der Waals surface area (Å²) in [7, 11) is 0. The summed E-state index contributed by atoms with van der Waals surface area (Å²) in [6, 6.07) is 14.1. The molecule has 0 radical (unpaired) electrons. The molecule has 2 nitrogen and oxygen atoms in total. The minimum atomic E-state index is 0.695. The van der Waals surface area contributed by atoms with Gasteiger partial charge in [0.1, 0.15) is 5.75 Å². The Bertz CT molecular complexity index is 503. The monoisotopic (exact) mass is 227 g/mol. The number of nitrogen functional groups attached to an aromatic ring is 1. The van der Waals surface area contributed by atoms with Crippen LogP contribution in [0, 0.1) is 6.92 Å². The number of hydrogen-bond donors (Lipinski definition) is 1. The highest BCUT2D eigenvalue weighted by Gasteiger charge is 2.02. The molecule has 0 aliphatic rings. The van der Waals surface area contributed by atoms with Crippen molar-refractivity contribution in [1.29, 1.82) is 0 Å². The highest BCUT2D eigenvalue weighted by atomic mass is 16.5. The Labute approximate surface area is 102 Å². The minimum absolute atomic E-state index is 0.695. The van der Waals surface area contributed by atoms with Crippen molar-refractivity contribution in [2.24, 2.45) is 0 Å². The second-order valence-corrected chi connectivity index (χ2v) is 4.03. The SMILES string of the molecule is CCOc1ccc(-c2ccc(N)cc2C)cc1. The molecule has 17 heavy (non-hydrogen) atoms. The molecule has 0 heterocycles. The summed E-state index contributed by atoms with van der Waals surface area (Å²) in [6.45, 7) is 4.75. The Morgan fingerprint density at radius 2 is 1.76 bits per heavy atom. The van der Waals surface area contributed by atoms with E-state index in [1.807, 2.05) is 31.2 Å². The van der Waals surface area contributed by atoms with E-state index >= 15 is 0 Å². The first kappa shape index (κ1) is 11.5. The number of ether oxygens (including phenoxy) is 1. The molecule has 2 heteroatoms. The number of rotatable bonds is 3. The van der Waals surface area contributed by atoms with E-state index in [2.05, 4.69) is 25.1 Å². The lowest BCUT2D eigenvalue weighted by atomic mass is 10.00. The first-order chi connectivity index (χ1) is 8.20. The Morgan fingerprint density at radius 1 is 1.06 bits per heavy atom. The molecule has 2 aromatic carbocycles. The molecule has 2 aromatic rings. The van der Waals surface area contributed by atoms with Gasteiger partial charge in [0.25, 0.3) is 0 Å². The quantitative estimate of drug-likeness (QED) is 0.812. The summed E-state index contributed by atoms with van der Waals surface area (Å²) in [5.74, 6) is 0.907. The molecule has 0 aliphatic carbocycles. The Hall–Kier alpha value is -1.96. The maximum atomic E-state index is 5.75. The summed E-state index contributed by atoms with van der Waals surface area (Å²) in [5, 5.41) is 0. The van der Waals surface area contributed by atoms with Gasteiger partial charge in [-0.25, -0.2) is 0 Å². The van der Waals surface area contributed by atoms with Gasteiger partial charge in [-0.1, -0.05) is 18.2 Å². The normalized spacial score (nSPS) is 10.2. The predicted molar refractivity (Wildman–Crippen MR) is 72.2 cm³/mol. The van der Waals surface area contributed by atoms with E-state index in [0.717, 1.165) is 11.4 Å². The molecule has 0 atom stereocenters. The third-order valence-electron chi connectivity index (χ3n) is 2.73. The summed E-state index contributed by atoms with van der Waals surface area (Å²) in [4.78, 5) is 0. The molecule has 0 aromatic heterocycles. The first-order valence-corrected chi connectivity index (χ1v) is 5.80. The lowest BCUT2D eigenvalue weighted by Crippen LogP contribution is -1.91. The van der Waals surface area contributed by atoms with Gasteiger partial charge < -0.3 is 10.5 Å². The molecule has 0 aliphatic heterocycles. The third kappa shape index (κ3) is 2.59. The zero-order chi connectivity index (χ0) is 12.3. The topological polar surface area (TPSA) is 35.2 Å². The molecule has 0 bridgehead atoms. The van der Waals surface area contributed by atoms with Gasteiger partial charge >= 0.3 is 0 Å². The van der Waals surface area contributed by atoms with E-state index in [4.69, 9.17) is 10.5 Å². The van der Waals surface area contributed by atoms with Crippen molar-refractivity contribution < 1.29 is 4.74 Å². The van der Waals surface area contributed by atoms with Crippen LogP contribution in [0.3, 0.4) is 0 Å². The smallest absolute Gasteiger partial charge is 0.119 e. The maximum Gasteiger partial charge on any atom is 0.119 e. The predicted octanol–water partition coefficient (Wildman–Crippen LogP) is 3.64. The highest BCUT2D eigenvalue weighted by molar-refractivity contribution is 5.69. The average Bonchev–Trinajstić information content (AvgIpc) is 2.31. The van der Waals surface area contributed by atoms with E-state index < -0.39 is 0 Å². The second kappa shape index (κ2) is 4.91. The molecule has 2 N–H and O–H groups in total. The van der Waals surface area contributed by atoms with Crippen LogP contribution in [0.25, 0.3) is 11.1 Å². The Balaban J connectivity index is 2.33. The fraction of sp³-hybridized carbons (Fsp3) is 0.200. The summed E-state index contributed by atoms with van der Waals surface area (Å²) in [6.07, 6.45) is 0. The van der Waals surface area contributed by atoms with Crippen LogP contribution in [0.4, 0.5) is 5.69 Å². The molecule has 0 amide bonds. The molecule has 0 unspecified atom stereocenters. The summed E-state index contributed by atoms with van der Waals surface area (Å²) >= 11 is 0. The first-order valence-electron chi connectivity index (χ1n) is 5.80. The molecule has 0 spiro atoms. The number of benzene rings is 2. The number of hydrogen-bond acceptors (Lipinski definition) is 2. The van der Waals surface area contributed by atoms with Crippen LogP contribution in [0.15, 0.2) is 42.5 Å². The van der Waals surface area contributed by atoms with Crippen LogP contribution >= 0.6 is 0 Å². The lowest BCUT2D eigenvalue weighted by Gasteiger charge is -2.08. The van der Waals surface area contributed by atoms with Crippen molar-refractivity contribution in [3.63, 3.8) is 0 Å². The Morgan fingerprint density at radius 3 is 2.35 bits per heavy atom. The van der Waals surface area contributed by atoms with Crippen molar-refractivity contribution in [2.45, 2.75) is 13.8 Å². The number of anilines is 1. The largest absolute Gasteiger partial charge is 0.494 e. The van der Waals surface area contributed by atoms with Crippen molar-refractivity contribution in [3.8, 4) is 16.9 Å². The molecule has 0 saturated carbocycles. The van der Waals surface area contributed by atoms with Gasteiger partial charge in [-0.05, 0) is 54.8 Å². The standard InChI is InChI=1S/C15H17NO/c1-3-17-14-7-4-12(5-8-14)15-9-6-13(16)10-11(15)2/h4-10H,3,16H2,1-2H3. The fourth-order valence-corrected chi connectivity index (χ4v) is 1.91. The van der Waals surface area contributed by atoms with Gasteiger partial charge in [0.15, 0.2) is 0 Å². The lowest BCUT2D eigenvalue weighted by molar-refractivity contribution is 0.340. The van der Waals surface area contributed by atoms with Crippen molar-refractivity contribution >= 4 is 5.69 Å². The Kier molecular flexibility index (Phi) is 3.33. The van der Waals surface area contributed by atoms with E-state index in [1.165, 1.54) is 16.7 Å². The molecular formula is C15H17NO. The van der Waals surface area contributed by atoms with Crippen LogP contribution in [0.2, 0.25) is 0 Å². The second-order valence-electron chi connectivity index (χ2n) is 4.03. The van der Waals surface area contributed by atoms with E-state index in [1.54, 1.807) is 0 Å². The van der Waals surface area contributed by atoms with E-state index in [0.29, 0.717) is 6.61 Å². The summed E-state index contributed by atoms with van der Waals surface area (Å²) < 4.78 is 5.43. The van der Waals surface area contributed by atoms with E-state index in [-0.39, 0.29) is 0 Å². The van der Waals surface area contributed by atoms with Crippen LogP contribution in [0.5, 0.6) is 5.75 Å². The van der Waals surface area contributed by atoms with Gasteiger partial charge in [-0.15, -0.1) is 0 Å². The summed E-state index contributed by atoms with van der Waals surface area (Å²) in [5.41, 5.74) is 10.1. The van der Waals surface area contributed by atoms with E-state index in [9.17, 15) is 0 Å².